The fourth-order valence-electron chi connectivity index (χ4n) is 1.19. The minimum Gasteiger partial charge on any atom is -0.507 e. The van der Waals surface area contributed by atoms with Gasteiger partial charge in [0.15, 0.2) is 0 Å². The number of H-pyrrole nitrogens is 1. The van der Waals surface area contributed by atoms with Gasteiger partial charge < -0.3 is 15.8 Å². The van der Waals surface area contributed by atoms with Gasteiger partial charge in [-0.25, -0.2) is 4.98 Å². The molecular formula is C8H7N3O2. The summed E-state index contributed by atoms with van der Waals surface area (Å²) in [7, 11) is 0. The third-order valence-corrected chi connectivity index (χ3v) is 1.80. The quantitative estimate of drug-likeness (QED) is 0.396. The van der Waals surface area contributed by atoms with Crippen LogP contribution in [0.1, 0.15) is 0 Å². The third-order valence-electron chi connectivity index (χ3n) is 1.80. The molecule has 0 bridgehead atoms. The maximum Gasteiger partial charge on any atom is 0.262 e. The summed E-state index contributed by atoms with van der Waals surface area (Å²) in [6.45, 7) is 0. The van der Waals surface area contributed by atoms with Crippen molar-refractivity contribution in [3.63, 3.8) is 0 Å². The average Bonchev–Trinajstić information content (AvgIpc) is 2.12. The monoisotopic (exact) mass is 177 g/mol. The number of aromatic nitrogens is 2. The maximum absolute atomic E-state index is 11.2. The molecule has 0 aliphatic carbocycles. The normalized spacial score (nSPS) is 10.5. The second-order valence-electron chi connectivity index (χ2n) is 2.63. The first-order valence-corrected chi connectivity index (χ1v) is 3.65. The topological polar surface area (TPSA) is 92.0 Å². The number of hydrogen-bond acceptors (Lipinski definition) is 4. The van der Waals surface area contributed by atoms with Crippen LogP contribution < -0.4 is 11.3 Å². The summed E-state index contributed by atoms with van der Waals surface area (Å²) < 4.78 is 0. The van der Waals surface area contributed by atoms with Crippen molar-refractivity contribution in [1.82, 2.24) is 9.97 Å². The van der Waals surface area contributed by atoms with Crippen LogP contribution in [-0.4, -0.2) is 15.1 Å². The Labute approximate surface area is 72.8 Å². The van der Waals surface area contributed by atoms with E-state index < -0.39 is 5.56 Å². The van der Waals surface area contributed by atoms with E-state index >= 15 is 0 Å². The highest BCUT2D eigenvalue weighted by molar-refractivity contribution is 5.92. The SMILES string of the molecule is Nc1ccc(O)c2c(=O)[nH]cnc12. The molecule has 0 radical (unpaired) electrons. The summed E-state index contributed by atoms with van der Waals surface area (Å²) in [5.41, 5.74) is 5.87. The Hall–Kier alpha value is -2.04. The number of nitrogen functional groups attached to an aromatic ring is 1. The summed E-state index contributed by atoms with van der Waals surface area (Å²) in [4.78, 5) is 17.5. The number of nitrogens with zero attached hydrogens (tertiary/aromatic N) is 1. The van der Waals surface area contributed by atoms with Crippen LogP contribution >= 0.6 is 0 Å². The molecular weight excluding hydrogens is 170 g/mol. The van der Waals surface area contributed by atoms with Crippen molar-refractivity contribution in [1.29, 1.82) is 0 Å². The van der Waals surface area contributed by atoms with Gasteiger partial charge in [-0.05, 0) is 12.1 Å². The van der Waals surface area contributed by atoms with Gasteiger partial charge in [0.25, 0.3) is 5.56 Å². The smallest absolute Gasteiger partial charge is 0.262 e. The van der Waals surface area contributed by atoms with E-state index in [0.717, 1.165) is 0 Å². The van der Waals surface area contributed by atoms with Gasteiger partial charge in [-0.1, -0.05) is 0 Å². The number of aromatic hydroxyl groups is 1. The molecule has 1 heterocycles. The van der Waals surface area contributed by atoms with E-state index in [0.29, 0.717) is 11.2 Å². The number of benzene rings is 1. The lowest BCUT2D eigenvalue weighted by Gasteiger charge is -2.00. The minimum atomic E-state index is -0.394. The van der Waals surface area contributed by atoms with Gasteiger partial charge in [-0.2, -0.15) is 0 Å². The molecule has 1 aromatic carbocycles. The number of aromatic amines is 1. The Balaban J connectivity index is 3.09. The molecule has 0 saturated heterocycles. The van der Waals surface area contributed by atoms with Crippen LogP contribution in [0, 0.1) is 0 Å². The zero-order chi connectivity index (χ0) is 9.42. The van der Waals surface area contributed by atoms with Crippen LogP contribution in [0.3, 0.4) is 0 Å². The molecule has 2 rings (SSSR count). The fraction of sp³-hybridized carbons (Fsp3) is 0. The molecule has 0 saturated carbocycles. The largest absolute Gasteiger partial charge is 0.507 e. The van der Waals surface area contributed by atoms with E-state index in [1.165, 1.54) is 18.5 Å². The molecule has 0 spiro atoms. The number of phenols is 1. The number of nitrogens with two attached hydrogens (primary N) is 1. The van der Waals surface area contributed by atoms with Crippen LogP contribution in [0.15, 0.2) is 23.3 Å². The molecule has 5 heteroatoms. The van der Waals surface area contributed by atoms with Crippen molar-refractivity contribution in [3.05, 3.63) is 28.8 Å². The van der Waals surface area contributed by atoms with Crippen molar-refractivity contribution in [3.8, 4) is 5.75 Å². The third kappa shape index (κ3) is 1.01. The molecule has 0 aliphatic heterocycles. The first kappa shape index (κ1) is 7.60. The fourth-order valence-corrected chi connectivity index (χ4v) is 1.19. The molecule has 2 aromatic rings. The Morgan fingerprint density at radius 2 is 2.23 bits per heavy atom. The number of phenolic OH excluding ortho intramolecular Hbond substituents is 1. The second kappa shape index (κ2) is 2.48. The van der Waals surface area contributed by atoms with Gasteiger partial charge in [-0.15, -0.1) is 0 Å². The first-order valence-electron chi connectivity index (χ1n) is 3.65. The lowest BCUT2D eigenvalue weighted by Crippen LogP contribution is -2.07. The molecule has 5 nitrogen and oxygen atoms in total. The van der Waals surface area contributed by atoms with Crippen LogP contribution in [0.4, 0.5) is 5.69 Å². The highest BCUT2D eigenvalue weighted by Gasteiger charge is 2.06. The maximum atomic E-state index is 11.2. The Morgan fingerprint density at radius 3 is 2.92 bits per heavy atom. The molecule has 13 heavy (non-hydrogen) atoms. The van der Waals surface area contributed by atoms with Crippen LogP contribution in [0.5, 0.6) is 5.75 Å². The second-order valence-corrected chi connectivity index (χ2v) is 2.63. The summed E-state index contributed by atoms with van der Waals surface area (Å²) in [6, 6.07) is 2.87. The summed E-state index contributed by atoms with van der Waals surface area (Å²) in [6.07, 6.45) is 1.25. The Bertz CT molecular complexity index is 518. The Morgan fingerprint density at radius 1 is 1.46 bits per heavy atom. The summed E-state index contributed by atoms with van der Waals surface area (Å²) in [5, 5.41) is 9.49. The molecule has 0 fully saturated rings. The zero-order valence-electron chi connectivity index (χ0n) is 6.61. The van der Waals surface area contributed by atoms with E-state index in [1.54, 1.807) is 0 Å². The highest BCUT2D eigenvalue weighted by atomic mass is 16.3. The first-order chi connectivity index (χ1) is 6.20. The van der Waals surface area contributed by atoms with E-state index in [-0.39, 0.29) is 11.1 Å². The average molecular weight is 177 g/mol. The lowest BCUT2D eigenvalue weighted by molar-refractivity contribution is 0.481. The Kier molecular flexibility index (Phi) is 1.45. The van der Waals surface area contributed by atoms with Gasteiger partial charge >= 0.3 is 0 Å². The molecule has 66 valence electrons. The lowest BCUT2D eigenvalue weighted by atomic mass is 10.2. The van der Waals surface area contributed by atoms with Gasteiger partial charge in [-0.3, -0.25) is 4.79 Å². The number of anilines is 1. The number of rotatable bonds is 0. The van der Waals surface area contributed by atoms with Crippen LogP contribution in [-0.2, 0) is 0 Å². The minimum absolute atomic E-state index is 0.112. The number of hydrogen-bond donors (Lipinski definition) is 3. The summed E-state index contributed by atoms with van der Waals surface area (Å²) >= 11 is 0. The molecule has 0 aliphatic rings. The predicted octanol–water partition coefficient (Wildman–Crippen LogP) is 0.211. The molecule has 0 amide bonds. The molecule has 0 atom stereocenters. The predicted molar refractivity (Wildman–Crippen MR) is 48.4 cm³/mol. The summed E-state index contributed by atoms with van der Waals surface area (Å²) in [5.74, 6) is -0.112. The molecule has 1 aromatic heterocycles. The molecule has 0 unspecified atom stereocenters. The number of nitrogens with one attached hydrogen (secondary N) is 1. The van der Waals surface area contributed by atoms with E-state index in [1.807, 2.05) is 0 Å². The van der Waals surface area contributed by atoms with Gasteiger partial charge in [0.1, 0.15) is 16.7 Å². The standard InChI is InChI=1S/C8H7N3O2/c9-4-1-2-5(12)6-7(4)10-3-11-8(6)13/h1-3,12H,9H2,(H,10,11,13). The van der Waals surface area contributed by atoms with Crippen molar-refractivity contribution in [2.75, 3.05) is 5.73 Å². The van der Waals surface area contributed by atoms with Crippen molar-refractivity contribution < 1.29 is 5.11 Å². The van der Waals surface area contributed by atoms with Crippen molar-refractivity contribution in [2.24, 2.45) is 0 Å². The van der Waals surface area contributed by atoms with Crippen LogP contribution in [0.2, 0.25) is 0 Å². The van der Waals surface area contributed by atoms with E-state index in [9.17, 15) is 9.90 Å². The highest BCUT2D eigenvalue weighted by Crippen LogP contribution is 2.23. The van der Waals surface area contributed by atoms with Gasteiger partial charge in [0.2, 0.25) is 0 Å². The van der Waals surface area contributed by atoms with E-state index in [4.69, 9.17) is 5.73 Å². The van der Waals surface area contributed by atoms with Crippen molar-refractivity contribution >= 4 is 16.6 Å². The molecule has 4 N–H and O–H groups in total. The van der Waals surface area contributed by atoms with Crippen molar-refractivity contribution in [2.45, 2.75) is 0 Å². The van der Waals surface area contributed by atoms with Gasteiger partial charge in [0, 0.05) is 0 Å². The van der Waals surface area contributed by atoms with E-state index in [2.05, 4.69) is 9.97 Å². The number of fused-ring (bicyclic) bond motifs is 1. The van der Waals surface area contributed by atoms with Gasteiger partial charge in [0.05, 0.1) is 12.0 Å². The zero-order valence-corrected chi connectivity index (χ0v) is 6.61. The van der Waals surface area contributed by atoms with Crippen LogP contribution in [0.25, 0.3) is 10.9 Å².